The van der Waals surface area contributed by atoms with Gasteiger partial charge < -0.3 is 15.1 Å². The molecule has 1 fully saturated rings. The standard InChI is InChI=1S/C24H28F4N4O/c1-2-21(17-8-10-20(25)19(15-17)24(26,27)28)32-14-13-31(23(32)33)12-4-6-18-9-7-16-5-3-11-29-22(16)30-18/h7-10,15,21H,2-6,11-14H2,1H3,(H,29,30)/t21-/m0/s1. The van der Waals surface area contributed by atoms with Gasteiger partial charge in [0.1, 0.15) is 11.6 Å². The number of hydrogen-bond acceptors (Lipinski definition) is 3. The number of alkyl halides is 3. The third-order valence-electron chi connectivity index (χ3n) is 6.38. The van der Waals surface area contributed by atoms with Crippen molar-refractivity contribution in [3.8, 4) is 0 Å². The van der Waals surface area contributed by atoms with E-state index in [2.05, 4.69) is 16.4 Å². The van der Waals surface area contributed by atoms with Crippen LogP contribution in [-0.2, 0) is 19.0 Å². The highest BCUT2D eigenvalue weighted by molar-refractivity contribution is 5.77. The van der Waals surface area contributed by atoms with Gasteiger partial charge >= 0.3 is 12.2 Å². The predicted molar refractivity (Wildman–Crippen MR) is 117 cm³/mol. The number of aromatic nitrogens is 1. The van der Waals surface area contributed by atoms with Crippen LogP contribution in [0.15, 0.2) is 30.3 Å². The van der Waals surface area contributed by atoms with Gasteiger partial charge in [-0.1, -0.05) is 19.1 Å². The second kappa shape index (κ2) is 9.57. The van der Waals surface area contributed by atoms with Gasteiger partial charge in [-0.05, 0) is 61.4 Å². The van der Waals surface area contributed by atoms with Crippen molar-refractivity contribution in [1.29, 1.82) is 0 Å². The first kappa shape index (κ1) is 23.3. The lowest BCUT2D eigenvalue weighted by atomic mass is 10.00. The Balaban J connectivity index is 1.38. The van der Waals surface area contributed by atoms with E-state index in [1.54, 1.807) is 9.80 Å². The molecule has 178 valence electrons. The van der Waals surface area contributed by atoms with Crippen LogP contribution < -0.4 is 5.32 Å². The van der Waals surface area contributed by atoms with Crippen molar-refractivity contribution in [2.24, 2.45) is 0 Å². The van der Waals surface area contributed by atoms with Gasteiger partial charge in [0.05, 0.1) is 11.6 Å². The van der Waals surface area contributed by atoms with E-state index in [0.29, 0.717) is 31.6 Å². The number of nitrogens with zero attached hydrogens (tertiary/aromatic N) is 3. The lowest BCUT2D eigenvalue weighted by Crippen LogP contribution is -2.35. The van der Waals surface area contributed by atoms with Crippen LogP contribution in [0.1, 0.15) is 54.6 Å². The monoisotopic (exact) mass is 464 g/mol. The number of fused-ring (bicyclic) bond motifs is 1. The highest BCUT2D eigenvalue weighted by atomic mass is 19.4. The normalized spacial score (nSPS) is 17.2. The molecule has 1 saturated heterocycles. The molecule has 3 heterocycles. The van der Waals surface area contributed by atoms with Crippen molar-refractivity contribution in [3.63, 3.8) is 0 Å². The summed E-state index contributed by atoms with van der Waals surface area (Å²) in [5.41, 5.74) is 1.21. The fourth-order valence-electron chi connectivity index (χ4n) is 4.66. The maximum absolute atomic E-state index is 13.7. The van der Waals surface area contributed by atoms with Crippen molar-refractivity contribution < 1.29 is 22.4 Å². The van der Waals surface area contributed by atoms with E-state index in [0.717, 1.165) is 55.9 Å². The zero-order valence-corrected chi connectivity index (χ0v) is 18.6. The summed E-state index contributed by atoms with van der Waals surface area (Å²) in [6, 6.07) is 6.41. The number of carbonyl (C=O) groups excluding carboxylic acids is 1. The summed E-state index contributed by atoms with van der Waals surface area (Å²) in [4.78, 5) is 21.0. The van der Waals surface area contributed by atoms with Gasteiger partial charge in [-0.2, -0.15) is 13.2 Å². The minimum atomic E-state index is -4.78. The summed E-state index contributed by atoms with van der Waals surface area (Å²) in [6.45, 7) is 4.24. The SMILES string of the molecule is CC[C@@H](c1ccc(F)c(C(F)(F)F)c1)N1CCN(CCCc2ccc3c(n2)NCCC3)C1=O. The Kier molecular flexibility index (Phi) is 6.76. The average molecular weight is 465 g/mol. The first-order valence-electron chi connectivity index (χ1n) is 11.4. The van der Waals surface area contributed by atoms with E-state index in [1.807, 2.05) is 13.0 Å². The molecule has 0 saturated carbocycles. The van der Waals surface area contributed by atoms with Gasteiger partial charge in [0, 0.05) is 31.9 Å². The van der Waals surface area contributed by atoms with Gasteiger partial charge in [0.2, 0.25) is 0 Å². The maximum Gasteiger partial charge on any atom is 0.419 e. The second-order valence-electron chi connectivity index (χ2n) is 8.57. The van der Waals surface area contributed by atoms with Crippen LogP contribution in [0.2, 0.25) is 0 Å². The summed E-state index contributed by atoms with van der Waals surface area (Å²) in [7, 11) is 0. The van der Waals surface area contributed by atoms with Crippen molar-refractivity contribution in [2.45, 2.75) is 51.2 Å². The van der Waals surface area contributed by atoms with Crippen LogP contribution in [0.3, 0.4) is 0 Å². The summed E-state index contributed by atoms with van der Waals surface area (Å²) in [5.74, 6) is -0.355. The molecule has 0 aliphatic carbocycles. The summed E-state index contributed by atoms with van der Waals surface area (Å²) in [6.07, 6.45) is -0.714. The van der Waals surface area contributed by atoms with Crippen LogP contribution in [0.5, 0.6) is 0 Å². The molecule has 0 unspecified atom stereocenters. The smallest absolute Gasteiger partial charge is 0.370 e. The molecular formula is C24H28F4N4O. The van der Waals surface area contributed by atoms with Crippen molar-refractivity contribution in [1.82, 2.24) is 14.8 Å². The van der Waals surface area contributed by atoms with Crippen LogP contribution >= 0.6 is 0 Å². The second-order valence-corrected chi connectivity index (χ2v) is 8.57. The molecule has 1 N–H and O–H groups in total. The molecule has 2 aliphatic rings. The van der Waals surface area contributed by atoms with Crippen LogP contribution in [0.25, 0.3) is 0 Å². The van der Waals surface area contributed by atoms with Gasteiger partial charge in [-0.25, -0.2) is 14.2 Å². The largest absolute Gasteiger partial charge is 0.419 e. The number of aryl methyl sites for hydroxylation is 2. The average Bonchev–Trinajstić information content (AvgIpc) is 3.14. The number of benzene rings is 1. The Morgan fingerprint density at radius 1 is 1.18 bits per heavy atom. The number of halogens is 4. The molecule has 0 bridgehead atoms. The van der Waals surface area contributed by atoms with E-state index in [9.17, 15) is 22.4 Å². The summed E-state index contributed by atoms with van der Waals surface area (Å²) < 4.78 is 53.1. The van der Waals surface area contributed by atoms with E-state index >= 15 is 0 Å². The Hall–Kier alpha value is -2.84. The van der Waals surface area contributed by atoms with E-state index in [4.69, 9.17) is 0 Å². The molecular weight excluding hydrogens is 436 g/mol. The van der Waals surface area contributed by atoms with Gasteiger partial charge in [-0.3, -0.25) is 0 Å². The minimum absolute atomic E-state index is 0.195. The van der Waals surface area contributed by atoms with Crippen LogP contribution in [0.4, 0.5) is 28.2 Å². The Morgan fingerprint density at radius 3 is 2.76 bits per heavy atom. The first-order chi connectivity index (χ1) is 15.8. The molecule has 0 spiro atoms. The molecule has 0 radical (unpaired) electrons. The topological polar surface area (TPSA) is 48.5 Å². The number of carbonyl (C=O) groups is 1. The quantitative estimate of drug-likeness (QED) is 0.557. The Bertz CT molecular complexity index is 1010. The van der Waals surface area contributed by atoms with Crippen molar-refractivity contribution >= 4 is 11.8 Å². The maximum atomic E-state index is 13.7. The highest BCUT2D eigenvalue weighted by Gasteiger charge is 2.37. The zero-order valence-electron chi connectivity index (χ0n) is 18.6. The molecule has 5 nitrogen and oxygen atoms in total. The lowest BCUT2D eigenvalue weighted by molar-refractivity contribution is -0.140. The summed E-state index contributed by atoms with van der Waals surface area (Å²) in [5, 5.41) is 3.32. The third kappa shape index (κ3) is 5.07. The molecule has 9 heteroatoms. The van der Waals surface area contributed by atoms with Crippen molar-refractivity contribution in [2.75, 3.05) is 31.5 Å². The number of amides is 2. The van der Waals surface area contributed by atoms with E-state index in [1.165, 1.54) is 11.6 Å². The van der Waals surface area contributed by atoms with Gasteiger partial charge in [0.15, 0.2) is 0 Å². The molecule has 1 aromatic heterocycles. The minimum Gasteiger partial charge on any atom is -0.370 e. The van der Waals surface area contributed by atoms with Gasteiger partial charge in [0.25, 0.3) is 0 Å². The van der Waals surface area contributed by atoms with Crippen LogP contribution in [0, 0.1) is 5.82 Å². The number of rotatable bonds is 7. The molecule has 4 rings (SSSR count). The first-order valence-corrected chi connectivity index (χ1v) is 11.4. The highest BCUT2D eigenvalue weighted by Crippen LogP contribution is 2.35. The molecule has 2 aromatic rings. The molecule has 33 heavy (non-hydrogen) atoms. The molecule has 2 aliphatic heterocycles. The number of nitrogens with one attached hydrogen (secondary N) is 1. The van der Waals surface area contributed by atoms with Crippen LogP contribution in [-0.4, -0.2) is 47.0 Å². The number of anilines is 1. The van der Waals surface area contributed by atoms with E-state index < -0.39 is 23.6 Å². The third-order valence-corrected chi connectivity index (χ3v) is 6.38. The molecule has 1 atom stereocenters. The lowest BCUT2D eigenvalue weighted by Gasteiger charge is -2.28. The van der Waals surface area contributed by atoms with Crippen molar-refractivity contribution in [3.05, 3.63) is 58.5 Å². The fraction of sp³-hybridized carbons (Fsp3) is 0.500. The molecule has 2 amide bonds. The summed E-state index contributed by atoms with van der Waals surface area (Å²) >= 11 is 0. The fourth-order valence-corrected chi connectivity index (χ4v) is 4.66. The number of hydrogen-bond donors (Lipinski definition) is 1. The Morgan fingerprint density at radius 2 is 2.00 bits per heavy atom. The Labute approximate surface area is 190 Å². The van der Waals surface area contributed by atoms with Gasteiger partial charge in [-0.15, -0.1) is 0 Å². The number of urea groups is 1. The number of pyridine rings is 1. The molecule has 1 aromatic carbocycles. The van der Waals surface area contributed by atoms with E-state index in [-0.39, 0.29) is 6.03 Å². The zero-order chi connectivity index (χ0) is 23.6. The predicted octanol–water partition coefficient (Wildman–Crippen LogP) is 5.42.